The minimum Gasteiger partial charge on any atom is -0.339 e. The van der Waals surface area contributed by atoms with Crippen molar-refractivity contribution in [3.05, 3.63) is 24.8 Å². The average molecular weight is 318 g/mol. The van der Waals surface area contributed by atoms with E-state index in [9.17, 15) is 4.79 Å². The second-order valence-electron chi connectivity index (χ2n) is 7.91. The molecule has 0 aliphatic heterocycles. The van der Waals surface area contributed by atoms with Crippen molar-refractivity contribution in [3.63, 3.8) is 0 Å². The quantitative estimate of drug-likeness (QED) is 0.477. The van der Waals surface area contributed by atoms with Crippen LogP contribution in [0.25, 0.3) is 0 Å². The van der Waals surface area contributed by atoms with Crippen LogP contribution in [0.1, 0.15) is 71.1 Å². The van der Waals surface area contributed by atoms with Crippen LogP contribution in [-0.4, -0.2) is 23.9 Å². The van der Waals surface area contributed by atoms with E-state index >= 15 is 0 Å². The van der Waals surface area contributed by atoms with E-state index in [4.69, 9.17) is 0 Å². The third-order valence-corrected chi connectivity index (χ3v) is 6.31. The molecule has 2 heteroatoms. The molecule has 2 saturated carbocycles. The highest BCUT2D eigenvalue weighted by atomic mass is 16.2. The van der Waals surface area contributed by atoms with Gasteiger partial charge in [0.2, 0.25) is 5.91 Å². The number of rotatable bonds is 6. The lowest BCUT2D eigenvalue weighted by atomic mass is 9.69. The Bertz CT molecular complexity index is 412. The molecular weight excluding hydrogens is 282 g/mol. The van der Waals surface area contributed by atoms with Crippen LogP contribution in [0.15, 0.2) is 24.8 Å². The van der Waals surface area contributed by atoms with E-state index in [2.05, 4.69) is 19.2 Å². The van der Waals surface area contributed by atoms with E-state index in [1.807, 2.05) is 18.9 Å². The van der Waals surface area contributed by atoms with Crippen molar-refractivity contribution >= 4 is 5.91 Å². The van der Waals surface area contributed by atoms with Gasteiger partial charge in [0, 0.05) is 18.7 Å². The van der Waals surface area contributed by atoms with Crippen molar-refractivity contribution in [1.82, 2.24) is 4.90 Å². The summed E-state index contributed by atoms with van der Waals surface area (Å²) in [4.78, 5) is 14.0. The van der Waals surface area contributed by atoms with Gasteiger partial charge >= 0.3 is 0 Å². The molecule has 2 aliphatic rings. The Balaban J connectivity index is 1.74. The molecule has 1 amide bonds. The molecule has 0 bridgehead atoms. The molecule has 2 rings (SSSR count). The van der Waals surface area contributed by atoms with Crippen LogP contribution in [0, 0.1) is 17.8 Å². The molecule has 0 radical (unpaired) electrons. The number of carbonyl (C=O) groups is 1. The molecule has 0 aromatic heterocycles. The zero-order valence-electron chi connectivity index (χ0n) is 15.2. The van der Waals surface area contributed by atoms with E-state index in [-0.39, 0.29) is 5.91 Å². The number of hydrogen-bond donors (Lipinski definition) is 0. The smallest absolute Gasteiger partial charge is 0.248 e. The van der Waals surface area contributed by atoms with Gasteiger partial charge in [-0.3, -0.25) is 4.79 Å². The third-order valence-electron chi connectivity index (χ3n) is 6.31. The fraction of sp³-hybridized carbons (Fsp3) is 0.762. The van der Waals surface area contributed by atoms with Gasteiger partial charge in [-0.05, 0) is 76.0 Å². The lowest BCUT2D eigenvalue weighted by Gasteiger charge is -2.40. The summed E-state index contributed by atoms with van der Waals surface area (Å²) in [5, 5.41) is 0. The number of carbonyl (C=O) groups excluding carboxylic acids is 1. The van der Waals surface area contributed by atoms with Crippen molar-refractivity contribution in [2.45, 2.75) is 77.2 Å². The molecule has 0 atom stereocenters. The maximum atomic E-state index is 12.1. The molecular formula is C21H35NO. The number of amides is 1. The van der Waals surface area contributed by atoms with Gasteiger partial charge in [-0.1, -0.05) is 25.5 Å². The van der Waals surface area contributed by atoms with Crippen LogP contribution in [-0.2, 0) is 4.79 Å². The standard InChI is InChI=1S/C21H35NO/c1-5-6-7-17-8-10-18(11-9-17)19-12-14-20(15-13-19)22(4)21(23)16(2)3/h5,17-20H,1-2,6-15H2,3-4H3. The van der Waals surface area contributed by atoms with Gasteiger partial charge in [0.25, 0.3) is 0 Å². The highest BCUT2D eigenvalue weighted by Crippen LogP contribution is 2.41. The predicted molar refractivity (Wildman–Crippen MR) is 98.2 cm³/mol. The molecule has 0 aromatic carbocycles. The molecule has 2 aliphatic carbocycles. The summed E-state index contributed by atoms with van der Waals surface area (Å²) in [7, 11) is 1.95. The molecule has 2 fully saturated rings. The molecule has 0 saturated heterocycles. The predicted octanol–water partition coefficient (Wildman–Crippen LogP) is 5.35. The summed E-state index contributed by atoms with van der Waals surface area (Å²) in [5.74, 6) is 2.91. The van der Waals surface area contributed by atoms with Crippen molar-refractivity contribution < 1.29 is 4.79 Å². The van der Waals surface area contributed by atoms with Crippen LogP contribution >= 0.6 is 0 Å². The Labute approximate surface area is 143 Å². The van der Waals surface area contributed by atoms with Crippen LogP contribution in [0.5, 0.6) is 0 Å². The van der Waals surface area contributed by atoms with Gasteiger partial charge in [0.1, 0.15) is 0 Å². The van der Waals surface area contributed by atoms with E-state index in [0.29, 0.717) is 11.6 Å². The van der Waals surface area contributed by atoms with Crippen LogP contribution in [0.2, 0.25) is 0 Å². The maximum absolute atomic E-state index is 12.1. The first-order valence-electron chi connectivity index (χ1n) is 9.56. The second-order valence-corrected chi connectivity index (χ2v) is 7.91. The van der Waals surface area contributed by atoms with Crippen molar-refractivity contribution in [1.29, 1.82) is 0 Å². The minimum atomic E-state index is 0.121. The first kappa shape index (κ1) is 18.3. The lowest BCUT2D eigenvalue weighted by molar-refractivity contribution is -0.128. The van der Waals surface area contributed by atoms with E-state index in [1.54, 1.807) is 0 Å². The van der Waals surface area contributed by atoms with Gasteiger partial charge in [-0.2, -0.15) is 0 Å². The topological polar surface area (TPSA) is 20.3 Å². The number of nitrogens with zero attached hydrogens (tertiary/aromatic N) is 1. The highest BCUT2D eigenvalue weighted by Gasteiger charge is 2.32. The van der Waals surface area contributed by atoms with Crippen molar-refractivity contribution in [2.24, 2.45) is 17.8 Å². The number of allylic oxidation sites excluding steroid dienone is 1. The minimum absolute atomic E-state index is 0.121. The SMILES string of the molecule is C=CCCC1CCC(C2CCC(N(C)C(=O)C(=C)C)CC2)CC1. The molecule has 0 spiro atoms. The summed E-state index contributed by atoms with van der Waals surface area (Å²) in [6, 6.07) is 0.430. The molecule has 0 unspecified atom stereocenters. The summed E-state index contributed by atoms with van der Waals surface area (Å²) in [6.07, 6.45) is 15.3. The Hall–Kier alpha value is -1.05. The first-order chi connectivity index (χ1) is 11.0. The van der Waals surface area contributed by atoms with Crippen LogP contribution < -0.4 is 0 Å². The van der Waals surface area contributed by atoms with Crippen molar-refractivity contribution in [2.75, 3.05) is 7.05 Å². The largest absolute Gasteiger partial charge is 0.339 e. The fourth-order valence-electron chi connectivity index (χ4n) is 4.73. The van der Waals surface area contributed by atoms with Crippen molar-refractivity contribution in [3.8, 4) is 0 Å². The lowest BCUT2D eigenvalue weighted by Crippen LogP contribution is -2.40. The van der Waals surface area contributed by atoms with Gasteiger partial charge in [-0.15, -0.1) is 6.58 Å². The van der Waals surface area contributed by atoms with Gasteiger partial charge in [0.15, 0.2) is 0 Å². The molecule has 2 nitrogen and oxygen atoms in total. The Morgan fingerprint density at radius 2 is 1.57 bits per heavy atom. The van der Waals surface area contributed by atoms with Crippen LogP contribution in [0.3, 0.4) is 0 Å². The monoisotopic (exact) mass is 317 g/mol. The Morgan fingerprint density at radius 1 is 1.04 bits per heavy atom. The van der Waals surface area contributed by atoms with E-state index in [1.165, 1.54) is 64.2 Å². The summed E-state index contributed by atoms with van der Waals surface area (Å²) < 4.78 is 0. The van der Waals surface area contributed by atoms with Crippen LogP contribution in [0.4, 0.5) is 0 Å². The van der Waals surface area contributed by atoms with Gasteiger partial charge < -0.3 is 4.90 Å². The molecule has 0 heterocycles. The Kier molecular flexibility index (Phi) is 6.92. The van der Waals surface area contributed by atoms with Gasteiger partial charge in [-0.25, -0.2) is 0 Å². The van der Waals surface area contributed by atoms with Gasteiger partial charge in [0.05, 0.1) is 0 Å². The molecule has 23 heavy (non-hydrogen) atoms. The summed E-state index contributed by atoms with van der Waals surface area (Å²) in [5.41, 5.74) is 0.660. The zero-order chi connectivity index (χ0) is 16.8. The fourth-order valence-corrected chi connectivity index (χ4v) is 4.73. The maximum Gasteiger partial charge on any atom is 0.248 e. The molecule has 0 aromatic rings. The highest BCUT2D eigenvalue weighted by molar-refractivity contribution is 5.92. The first-order valence-corrected chi connectivity index (χ1v) is 9.56. The number of hydrogen-bond acceptors (Lipinski definition) is 1. The van der Waals surface area contributed by atoms with E-state index < -0.39 is 0 Å². The normalized spacial score (nSPS) is 31.4. The molecule has 130 valence electrons. The number of likely N-dealkylation sites (N-methyl/N-ethyl adjacent to an activating group) is 1. The second kappa shape index (κ2) is 8.70. The average Bonchev–Trinajstić information content (AvgIpc) is 2.59. The summed E-state index contributed by atoms with van der Waals surface area (Å²) in [6.45, 7) is 9.45. The van der Waals surface area contributed by atoms with E-state index in [0.717, 1.165) is 17.8 Å². The molecule has 0 N–H and O–H groups in total. The Morgan fingerprint density at radius 3 is 2.04 bits per heavy atom. The summed E-state index contributed by atoms with van der Waals surface area (Å²) >= 11 is 0. The third kappa shape index (κ3) is 4.96. The zero-order valence-corrected chi connectivity index (χ0v) is 15.2.